The van der Waals surface area contributed by atoms with Gasteiger partial charge in [-0.3, -0.25) is 0 Å². The molecule has 3 heteroatoms. The fourth-order valence-electron chi connectivity index (χ4n) is 3.09. The Kier molecular flexibility index (Phi) is 5.06. The highest BCUT2D eigenvalue weighted by Gasteiger charge is 2.18. The van der Waals surface area contributed by atoms with Gasteiger partial charge in [-0.15, -0.1) is 0 Å². The van der Waals surface area contributed by atoms with Gasteiger partial charge in [0.1, 0.15) is 0 Å². The van der Waals surface area contributed by atoms with E-state index in [-0.39, 0.29) is 0 Å². The molecule has 2 aromatic carbocycles. The van der Waals surface area contributed by atoms with Crippen LogP contribution in [0.4, 0.5) is 5.69 Å². The van der Waals surface area contributed by atoms with Gasteiger partial charge in [0.25, 0.3) is 0 Å². The highest BCUT2D eigenvalue weighted by atomic mass is 16.5. The maximum absolute atomic E-state index is 6.14. The molecule has 0 spiro atoms. The van der Waals surface area contributed by atoms with Gasteiger partial charge in [0.15, 0.2) is 11.5 Å². The Morgan fingerprint density at radius 1 is 1.04 bits per heavy atom. The minimum atomic E-state index is 0.330. The number of benzene rings is 2. The van der Waals surface area contributed by atoms with E-state index in [9.17, 15) is 0 Å². The largest absolute Gasteiger partial charge is 0.493 e. The molecule has 1 fully saturated rings. The first-order chi connectivity index (χ1) is 11.2. The Bertz CT molecular complexity index is 648. The van der Waals surface area contributed by atoms with Crippen molar-refractivity contribution in [2.24, 2.45) is 0 Å². The molecular weight excluding hydrogens is 286 g/mol. The van der Waals surface area contributed by atoms with Gasteiger partial charge in [0.2, 0.25) is 0 Å². The normalized spacial score (nSPS) is 14.7. The molecule has 23 heavy (non-hydrogen) atoms. The van der Waals surface area contributed by atoms with Gasteiger partial charge in [-0.05, 0) is 50.3 Å². The summed E-state index contributed by atoms with van der Waals surface area (Å²) in [6.45, 7) is 2.92. The summed E-state index contributed by atoms with van der Waals surface area (Å²) >= 11 is 0. The maximum atomic E-state index is 6.14. The standard InChI is InChI=1S/C20H25NO2/c1-15-6-5-7-16(12-15)14-21-17-10-11-19(22-2)20(13-17)23-18-8-3-4-9-18/h5-7,10-13,18,21H,3-4,8-9,14H2,1-2H3. The number of hydrogen-bond acceptors (Lipinski definition) is 3. The van der Waals surface area contributed by atoms with Crippen LogP contribution >= 0.6 is 0 Å². The maximum Gasteiger partial charge on any atom is 0.163 e. The number of anilines is 1. The Labute approximate surface area is 138 Å². The van der Waals surface area contributed by atoms with E-state index < -0.39 is 0 Å². The Morgan fingerprint density at radius 3 is 2.61 bits per heavy atom. The zero-order valence-electron chi connectivity index (χ0n) is 14.0. The zero-order valence-corrected chi connectivity index (χ0v) is 14.0. The van der Waals surface area contributed by atoms with E-state index in [0.717, 1.165) is 36.6 Å². The van der Waals surface area contributed by atoms with Crippen LogP contribution in [0.3, 0.4) is 0 Å². The van der Waals surface area contributed by atoms with Crippen molar-refractivity contribution >= 4 is 5.69 Å². The fraction of sp³-hybridized carbons (Fsp3) is 0.400. The Balaban J connectivity index is 1.69. The second-order valence-electron chi connectivity index (χ2n) is 6.23. The van der Waals surface area contributed by atoms with Crippen LogP contribution in [-0.4, -0.2) is 13.2 Å². The number of nitrogens with one attached hydrogen (secondary N) is 1. The molecule has 0 unspecified atom stereocenters. The van der Waals surface area contributed by atoms with Crippen molar-refractivity contribution in [1.82, 2.24) is 0 Å². The molecule has 0 aliphatic heterocycles. The summed E-state index contributed by atoms with van der Waals surface area (Å²) < 4.78 is 11.6. The second kappa shape index (κ2) is 7.40. The van der Waals surface area contributed by atoms with E-state index in [1.54, 1.807) is 7.11 Å². The van der Waals surface area contributed by atoms with Crippen LogP contribution in [-0.2, 0) is 6.54 Å². The lowest BCUT2D eigenvalue weighted by Crippen LogP contribution is -2.12. The van der Waals surface area contributed by atoms with E-state index in [0.29, 0.717) is 6.10 Å². The number of rotatable bonds is 6. The quantitative estimate of drug-likeness (QED) is 0.820. The first-order valence-corrected chi connectivity index (χ1v) is 8.39. The molecule has 0 atom stereocenters. The highest BCUT2D eigenvalue weighted by molar-refractivity contribution is 5.55. The van der Waals surface area contributed by atoms with Crippen LogP contribution in [0.1, 0.15) is 36.8 Å². The van der Waals surface area contributed by atoms with E-state index in [1.165, 1.54) is 24.0 Å². The van der Waals surface area contributed by atoms with Crippen LogP contribution in [0.15, 0.2) is 42.5 Å². The average Bonchev–Trinajstić information content (AvgIpc) is 3.06. The second-order valence-corrected chi connectivity index (χ2v) is 6.23. The van der Waals surface area contributed by atoms with E-state index in [4.69, 9.17) is 9.47 Å². The highest BCUT2D eigenvalue weighted by Crippen LogP contribution is 2.34. The van der Waals surface area contributed by atoms with Crippen LogP contribution in [0.5, 0.6) is 11.5 Å². The molecule has 0 amide bonds. The van der Waals surface area contributed by atoms with Crippen LogP contribution in [0, 0.1) is 6.92 Å². The molecule has 122 valence electrons. The molecule has 2 aromatic rings. The molecule has 0 bridgehead atoms. The smallest absolute Gasteiger partial charge is 0.163 e. The summed E-state index contributed by atoms with van der Waals surface area (Å²) in [5.74, 6) is 1.65. The number of hydrogen-bond donors (Lipinski definition) is 1. The molecule has 3 nitrogen and oxygen atoms in total. The van der Waals surface area contributed by atoms with Crippen molar-refractivity contribution in [2.45, 2.75) is 45.3 Å². The molecule has 0 radical (unpaired) electrons. The molecule has 0 heterocycles. The third-order valence-electron chi connectivity index (χ3n) is 4.34. The van der Waals surface area contributed by atoms with Crippen molar-refractivity contribution < 1.29 is 9.47 Å². The van der Waals surface area contributed by atoms with Crippen molar-refractivity contribution in [3.8, 4) is 11.5 Å². The summed E-state index contributed by atoms with van der Waals surface area (Å²) in [5, 5.41) is 3.47. The first-order valence-electron chi connectivity index (χ1n) is 8.39. The molecule has 1 aliphatic carbocycles. The van der Waals surface area contributed by atoms with Gasteiger partial charge >= 0.3 is 0 Å². The molecule has 3 rings (SSSR count). The summed E-state index contributed by atoms with van der Waals surface area (Å²) in [7, 11) is 1.69. The van der Waals surface area contributed by atoms with E-state index in [1.807, 2.05) is 18.2 Å². The fourth-order valence-corrected chi connectivity index (χ4v) is 3.09. The summed E-state index contributed by atoms with van der Waals surface area (Å²) in [6.07, 6.45) is 5.14. The predicted octanol–water partition coefficient (Wildman–Crippen LogP) is 4.94. The van der Waals surface area contributed by atoms with Gasteiger partial charge in [0.05, 0.1) is 13.2 Å². The lowest BCUT2D eigenvalue weighted by molar-refractivity contribution is 0.201. The first kappa shape index (κ1) is 15.7. The average molecular weight is 311 g/mol. The molecular formula is C20H25NO2. The van der Waals surface area contributed by atoms with Crippen LogP contribution in [0.25, 0.3) is 0 Å². The third kappa shape index (κ3) is 4.19. The van der Waals surface area contributed by atoms with Crippen LogP contribution < -0.4 is 14.8 Å². The van der Waals surface area contributed by atoms with Gasteiger partial charge < -0.3 is 14.8 Å². The summed E-state index contributed by atoms with van der Waals surface area (Å²) in [5.41, 5.74) is 3.61. The van der Waals surface area contributed by atoms with Crippen molar-refractivity contribution in [3.63, 3.8) is 0 Å². The monoisotopic (exact) mass is 311 g/mol. The van der Waals surface area contributed by atoms with E-state index in [2.05, 4.69) is 36.5 Å². The predicted molar refractivity (Wildman–Crippen MR) is 94.4 cm³/mol. The summed E-state index contributed by atoms with van der Waals surface area (Å²) in [6, 6.07) is 14.6. The minimum Gasteiger partial charge on any atom is -0.493 e. The minimum absolute atomic E-state index is 0.330. The lowest BCUT2D eigenvalue weighted by atomic mass is 10.1. The van der Waals surface area contributed by atoms with Gasteiger partial charge in [-0.2, -0.15) is 0 Å². The third-order valence-corrected chi connectivity index (χ3v) is 4.34. The van der Waals surface area contributed by atoms with Gasteiger partial charge in [-0.25, -0.2) is 0 Å². The molecule has 0 aromatic heterocycles. The molecule has 1 saturated carbocycles. The summed E-state index contributed by atoms with van der Waals surface area (Å²) in [4.78, 5) is 0. The Hall–Kier alpha value is -2.16. The van der Waals surface area contributed by atoms with E-state index >= 15 is 0 Å². The van der Waals surface area contributed by atoms with Gasteiger partial charge in [0, 0.05) is 18.3 Å². The number of aryl methyl sites for hydroxylation is 1. The SMILES string of the molecule is COc1ccc(NCc2cccc(C)c2)cc1OC1CCCC1. The number of methoxy groups -OCH3 is 1. The van der Waals surface area contributed by atoms with Crippen molar-refractivity contribution in [3.05, 3.63) is 53.6 Å². The lowest BCUT2D eigenvalue weighted by Gasteiger charge is -2.17. The molecule has 1 aliphatic rings. The van der Waals surface area contributed by atoms with Crippen molar-refractivity contribution in [1.29, 1.82) is 0 Å². The molecule has 0 saturated heterocycles. The topological polar surface area (TPSA) is 30.5 Å². The van der Waals surface area contributed by atoms with Gasteiger partial charge in [-0.1, -0.05) is 29.8 Å². The number of ether oxygens (including phenoxy) is 2. The molecule has 1 N–H and O–H groups in total. The van der Waals surface area contributed by atoms with Crippen molar-refractivity contribution in [2.75, 3.05) is 12.4 Å². The zero-order chi connectivity index (χ0) is 16.1. The Morgan fingerprint density at radius 2 is 1.87 bits per heavy atom. The van der Waals surface area contributed by atoms with Crippen LogP contribution in [0.2, 0.25) is 0 Å².